The van der Waals surface area contributed by atoms with Crippen LogP contribution in [0.3, 0.4) is 0 Å². The van der Waals surface area contributed by atoms with Gasteiger partial charge < -0.3 is 4.74 Å². The lowest BCUT2D eigenvalue weighted by atomic mass is 9.90. The van der Waals surface area contributed by atoms with Crippen LogP contribution in [0.15, 0.2) is 28.7 Å². The topological polar surface area (TPSA) is 43.4 Å². The zero-order chi connectivity index (χ0) is 18.0. The second kappa shape index (κ2) is 7.31. The summed E-state index contributed by atoms with van der Waals surface area (Å²) in [7, 11) is 0. The molecule has 0 aromatic heterocycles. The summed E-state index contributed by atoms with van der Waals surface area (Å²) in [5, 5.41) is 0. The number of carbonyl (C=O) groups is 2. The standard InChI is InChI=1S/C20H21BrO3/c1-11-12(2)14(4)19(15(5)13(11)3)20(23)24-10-18(22)16-7-6-8-17(21)9-16/h6-9H,10H2,1-5H3. The first-order valence-corrected chi connectivity index (χ1v) is 8.56. The van der Waals surface area contributed by atoms with Gasteiger partial charge in [0, 0.05) is 10.0 Å². The minimum absolute atomic E-state index is 0.222. The molecule has 0 atom stereocenters. The van der Waals surface area contributed by atoms with Gasteiger partial charge in [-0.1, -0.05) is 28.1 Å². The lowest BCUT2D eigenvalue weighted by Gasteiger charge is -2.17. The molecule has 4 heteroatoms. The second-order valence-corrected chi connectivity index (χ2v) is 6.93. The van der Waals surface area contributed by atoms with Gasteiger partial charge in [0.05, 0.1) is 5.56 Å². The number of esters is 1. The highest BCUT2D eigenvalue weighted by Crippen LogP contribution is 2.26. The van der Waals surface area contributed by atoms with Crippen molar-refractivity contribution in [3.05, 3.63) is 67.7 Å². The lowest BCUT2D eigenvalue weighted by molar-refractivity contribution is 0.0473. The van der Waals surface area contributed by atoms with Crippen LogP contribution in [0.2, 0.25) is 0 Å². The van der Waals surface area contributed by atoms with Crippen LogP contribution >= 0.6 is 15.9 Å². The molecule has 0 bridgehead atoms. The number of hydrogen-bond acceptors (Lipinski definition) is 3. The molecule has 0 fully saturated rings. The van der Waals surface area contributed by atoms with E-state index in [1.807, 2.05) is 33.8 Å². The quantitative estimate of drug-likeness (QED) is 0.544. The molecule has 0 heterocycles. The van der Waals surface area contributed by atoms with Crippen molar-refractivity contribution in [1.29, 1.82) is 0 Å². The van der Waals surface area contributed by atoms with Crippen molar-refractivity contribution in [3.8, 4) is 0 Å². The van der Waals surface area contributed by atoms with Crippen LogP contribution in [0.1, 0.15) is 48.5 Å². The van der Waals surface area contributed by atoms with Gasteiger partial charge in [-0.3, -0.25) is 4.79 Å². The van der Waals surface area contributed by atoms with E-state index in [9.17, 15) is 9.59 Å². The summed E-state index contributed by atoms with van der Waals surface area (Å²) >= 11 is 3.33. The number of halogens is 1. The SMILES string of the molecule is Cc1c(C)c(C)c(C(=O)OCC(=O)c2cccc(Br)c2)c(C)c1C. The molecule has 0 saturated heterocycles. The Balaban J connectivity index is 2.21. The largest absolute Gasteiger partial charge is 0.454 e. The zero-order valence-corrected chi connectivity index (χ0v) is 16.2. The van der Waals surface area contributed by atoms with Gasteiger partial charge in [0.1, 0.15) is 0 Å². The first kappa shape index (κ1) is 18.4. The van der Waals surface area contributed by atoms with Crippen LogP contribution < -0.4 is 0 Å². The molecule has 2 rings (SSSR count). The van der Waals surface area contributed by atoms with Gasteiger partial charge in [-0.15, -0.1) is 0 Å². The molecular weight excluding hydrogens is 368 g/mol. The summed E-state index contributed by atoms with van der Waals surface area (Å²) in [6.07, 6.45) is 0. The van der Waals surface area contributed by atoms with Gasteiger partial charge in [0.25, 0.3) is 0 Å². The van der Waals surface area contributed by atoms with Crippen LogP contribution in [0.5, 0.6) is 0 Å². The van der Waals surface area contributed by atoms with E-state index in [2.05, 4.69) is 22.9 Å². The highest BCUT2D eigenvalue weighted by molar-refractivity contribution is 9.10. The summed E-state index contributed by atoms with van der Waals surface area (Å²) in [6.45, 7) is 9.63. The Morgan fingerprint density at radius 3 is 2.00 bits per heavy atom. The smallest absolute Gasteiger partial charge is 0.339 e. The Hall–Kier alpha value is -1.94. The van der Waals surface area contributed by atoms with Gasteiger partial charge in [-0.25, -0.2) is 4.79 Å². The number of Topliss-reactive ketones (excluding diaryl/α,β-unsaturated/α-hetero) is 1. The maximum absolute atomic E-state index is 12.5. The monoisotopic (exact) mass is 388 g/mol. The third kappa shape index (κ3) is 3.59. The summed E-state index contributed by atoms with van der Waals surface area (Å²) in [5.74, 6) is -0.667. The molecule has 2 aromatic rings. The van der Waals surface area contributed by atoms with Gasteiger partial charge in [0.2, 0.25) is 0 Å². The number of ether oxygens (including phenoxy) is 1. The van der Waals surface area contributed by atoms with Crippen LogP contribution in [-0.2, 0) is 4.74 Å². The number of rotatable bonds is 4. The molecule has 0 aliphatic heterocycles. The normalized spacial score (nSPS) is 10.6. The van der Waals surface area contributed by atoms with Gasteiger partial charge in [0.15, 0.2) is 12.4 Å². The fraction of sp³-hybridized carbons (Fsp3) is 0.300. The van der Waals surface area contributed by atoms with Crippen LogP contribution in [0.4, 0.5) is 0 Å². The predicted octanol–water partition coefficient (Wildman–Crippen LogP) is 5.03. The highest BCUT2D eigenvalue weighted by atomic mass is 79.9. The Morgan fingerprint density at radius 2 is 1.46 bits per heavy atom. The van der Waals surface area contributed by atoms with Crippen molar-refractivity contribution in [2.24, 2.45) is 0 Å². The molecule has 3 nitrogen and oxygen atoms in total. The average molecular weight is 389 g/mol. The van der Waals surface area contributed by atoms with Crippen LogP contribution in [0, 0.1) is 34.6 Å². The van der Waals surface area contributed by atoms with Gasteiger partial charge in [-0.2, -0.15) is 0 Å². The molecule has 0 aliphatic carbocycles. The molecular formula is C20H21BrO3. The molecule has 0 unspecified atom stereocenters. The maximum atomic E-state index is 12.5. The first-order valence-electron chi connectivity index (χ1n) is 7.76. The fourth-order valence-corrected chi connectivity index (χ4v) is 3.15. The summed E-state index contributed by atoms with van der Waals surface area (Å²) in [4.78, 5) is 24.7. The minimum Gasteiger partial charge on any atom is -0.454 e. The van der Waals surface area contributed by atoms with Gasteiger partial charge in [-0.05, 0) is 74.6 Å². The molecule has 0 radical (unpaired) electrons. The number of ketones is 1. The third-order valence-corrected chi connectivity index (χ3v) is 5.18. The lowest BCUT2D eigenvalue weighted by Crippen LogP contribution is -2.17. The number of benzene rings is 2. The molecule has 24 heavy (non-hydrogen) atoms. The fourth-order valence-electron chi connectivity index (χ4n) is 2.75. The van der Waals surface area contributed by atoms with Crippen LogP contribution in [0.25, 0.3) is 0 Å². The molecule has 0 amide bonds. The Labute approximate surface area is 151 Å². The first-order chi connectivity index (χ1) is 11.2. The van der Waals surface area contributed by atoms with Crippen molar-refractivity contribution in [1.82, 2.24) is 0 Å². The van der Waals surface area contributed by atoms with E-state index >= 15 is 0 Å². The zero-order valence-electron chi connectivity index (χ0n) is 14.6. The summed E-state index contributed by atoms with van der Waals surface area (Å²) in [5.41, 5.74) is 6.27. The van der Waals surface area contributed by atoms with E-state index in [1.54, 1.807) is 18.2 Å². The van der Waals surface area contributed by atoms with E-state index in [1.165, 1.54) is 5.56 Å². The van der Waals surface area contributed by atoms with E-state index in [0.29, 0.717) is 11.1 Å². The van der Waals surface area contributed by atoms with Crippen molar-refractivity contribution in [2.75, 3.05) is 6.61 Å². The second-order valence-electron chi connectivity index (χ2n) is 6.01. The summed E-state index contributed by atoms with van der Waals surface area (Å²) < 4.78 is 6.11. The van der Waals surface area contributed by atoms with Crippen molar-refractivity contribution in [2.45, 2.75) is 34.6 Å². The number of carbonyl (C=O) groups excluding carboxylic acids is 2. The van der Waals surface area contributed by atoms with Gasteiger partial charge >= 0.3 is 5.97 Å². The molecule has 0 saturated carbocycles. The Morgan fingerprint density at radius 1 is 0.917 bits per heavy atom. The van der Waals surface area contributed by atoms with Crippen molar-refractivity contribution in [3.63, 3.8) is 0 Å². The van der Waals surface area contributed by atoms with E-state index < -0.39 is 5.97 Å². The van der Waals surface area contributed by atoms with E-state index in [4.69, 9.17) is 4.74 Å². The minimum atomic E-state index is -0.445. The number of hydrogen-bond donors (Lipinski definition) is 0. The van der Waals surface area contributed by atoms with Crippen molar-refractivity contribution < 1.29 is 14.3 Å². The molecule has 0 N–H and O–H groups in total. The molecule has 0 aliphatic rings. The molecule has 126 valence electrons. The van der Waals surface area contributed by atoms with E-state index in [-0.39, 0.29) is 12.4 Å². The maximum Gasteiger partial charge on any atom is 0.339 e. The van der Waals surface area contributed by atoms with Crippen LogP contribution in [-0.4, -0.2) is 18.4 Å². The average Bonchev–Trinajstić information content (AvgIpc) is 2.56. The van der Waals surface area contributed by atoms with E-state index in [0.717, 1.165) is 26.7 Å². The summed E-state index contributed by atoms with van der Waals surface area (Å²) in [6, 6.07) is 7.04. The molecule has 2 aromatic carbocycles. The predicted molar refractivity (Wildman–Crippen MR) is 98.9 cm³/mol. The Bertz CT molecular complexity index is 793. The van der Waals surface area contributed by atoms with Crippen molar-refractivity contribution >= 4 is 27.7 Å². The Kier molecular flexibility index (Phi) is 5.60. The third-order valence-electron chi connectivity index (χ3n) is 4.69. The molecule has 0 spiro atoms. The highest BCUT2D eigenvalue weighted by Gasteiger charge is 2.20.